The molecule has 1 aromatic carbocycles. The van der Waals surface area contributed by atoms with E-state index in [0.29, 0.717) is 23.7 Å². The van der Waals surface area contributed by atoms with Crippen LogP contribution in [0.3, 0.4) is 0 Å². The van der Waals surface area contributed by atoms with Crippen LogP contribution >= 0.6 is 11.3 Å². The molecule has 0 unspecified atom stereocenters. The summed E-state index contributed by atoms with van der Waals surface area (Å²) >= 11 is 1.27. The molecule has 0 atom stereocenters. The molecule has 0 radical (unpaired) electrons. The van der Waals surface area contributed by atoms with E-state index in [2.05, 4.69) is 4.98 Å². The number of alkyl halides is 3. The van der Waals surface area contributed by atoms with Gasteiger partial charge in [-0.15, -0.1) is 11.3 Å². The number of amides is 2. The Hall–Kier alpha value is -2.42. The fourth-order valence-corrected chi connectivity index (χ4v) is 3.54. The van der Waals surface area contributed by atoms with Crippen molar-refractivity contribution >= 4 is 23.2 Å². The molecular formula is C17H16F3N3O2S. The first kappa shape index (κ1) is 18.4. The molecule has 1 aliphatic heterocycles. The zero-order valence-corrected chi connectivity index (χ0v) is 14.7. The Bertz CT molecular complexity index is 827. The molecule has 0 aliphatic carbocycles. The van der Waals surface area contributed by atoms with Gasteiger partial charge in [-0.1, -0.05) is 6.07 Å². The van der Waals surface area contributed by atoms with E-state index in [1.54, 1.807) is 17.3 Å². The van der Waals surface area contributed by atoms with Crippen LogP contribution in [0.25, 0.3) is 0 Å². The Morgan fingerprint density at radius 2 is 1.69 bits per heavy atom. The average Bonchev–Trinajstić information content (AvgIpc) is 3.06. The van der Waals surface area contributed by atoms with E-state index >= 15 is 0 Å². The van der Waals surface area contributed by atoms with E-state index in [1.165, 1.54) is 28.4 Å². The molecule has 26 heavy (non-hydrogen) atoms. The van der Waals surface area contributed by atoms with Crippen LogP contribution in [-0.4, -0.2) is 52.8 Å². The molecular weight excluding hydrogens is 367 g/mol. The van der Waals surface area contributed by atoms with Crippen molar-refractivity contribution in [2.75, 3.05) is 26.2 Å². The topological polar surface area (TPSA) is 53.5 Å². The molecule has 5 nitrogen and oxygen atoms in total. The molecule has 2 heterocycles. The van der Waals surface area contributed by atoms with Crippen molar-refractivity contribution in [1.29, 1.82) is 0 Å². The van der Waals surface area contributed by atoms with Gasteiger partial charge in [0.05, 0.1) is 16.8 Å². The minimum atomic E-state index is -4.49. The van der Waals surface area contributed by atoms with Gasteiger partial charge in [-0.25, -0.2) is 4.98 Å². The lowest BCUT2D eigenvalue weighted by molar-refractivity contribution is -0.137. The predicted octanol–water partition coefficient (Wildman–Crippen LogP) is 3.07. The van der Waals surface area contributed by atoms with E-state index in [4.69, 9.17) is 0 Å². The van der Waals surface area contributed by atoms with Crippen molar-refractivity contribution in [2.45, 2.75) is 13.1 Å². The van der Waals surface area contributed by atoms with Crippen LogP contribution in [0.4, 0.5) is 13.2 Å². The molecule has 0 bridgehead atoms. The van der Waals surface area contributed by atoms with Gasteiger partial charge in [0, 0.05) is 31.7 Å². The predicted molar refractivity (Wildman–Crippen MR) is 90.1 cm³/mol. The molecule has 1 fully saturated rings. The molecule has 0 N–H and O–H groups in total. The first-order valence-electron chi connectivity index (χ1n) is 7.93. The summed E-state index contributed by atoms with van der Waals surface area (Å²) in [5, 5.41) is 0. The third-order valence-electron chi connectivity index (χ3n) is 4.23. The molecule has 138 valence electrons. The van der Waals surface area contributed by atoms with E-state index < -0.39 is 17.6 Å². The van der Waals surface area contributed by atoms with Crippen molar-refractivity contribution in [3.05, 3.63) is 51.5 Å². The van der Waals surface area contributed by atoms with Gasteiger partial charge in [-0.05, 0) is 25.1 Å². The Morgan fingerprint density at radius 1 is 1.08 bits per heavy atom. The zero-order valence-electron chi connectivity index (χ0n) is 13.9. The van der Waals surface area contributed by atoms with Gasteiger partial charge in [0.1, 0.15) is 4.88 Å². The van der Waals surface area contributed by atoms with Crippen LogP contribution in [0.5, 0.6) is 0 Å². The number of rotatable bonds is 2. The van der Waals surface area contributed by atoms with Crippen LogP contribution in [0.2, 0.25) is 0 Å². The second-order valence-electron chi connectivity index (χ2n) is 5.93. The molecule has 2 amide bonds. The zero-order chi connectivity index (χ0) is 18.9. The fourth-order valence-electron chi connectivity index (χ4n) is 2.77. The first-order valence-corrected chi connectivity index (χ1v) is 8.81. The Kier molecular flexibility index (Phi) is 4.99. The summed E-state index contributed by atoms with van der Waals surface area (Å²) in [5.41, 5.74) is 1.42. The standard InChI is InChI=1S/C17H16F3N3O2S/c1-11-14(26-10-21-11)16(25)23-7-5-22(6-8-23)15(24)12-3-2-4-13(9-12)17(18,19)20/h2-4,9-10H,5-8H2,1H3. The second kappa shape index (κ2) is 7.06. The largest absolute Gasteiger partial charge is 0.416 e. The van der Waals surface area contributed by atoms with Gasteiger partial charge in [0.15, 0.2) is 0 Å². The van der Waals surface area contributed by atoms with Crippen molar-refractivity contribution in [3.8, 4) is 0 Å². The quantitative estimate of drug-likeness (QED) is 0.801. The number of aryl methyl sites for hydroxylation is 1. The van der Waals surface area contributed by atoms with E-state index in [0.717, 1.165) is 12.1 Å². The third-order valence-corrected chi connectivity index (χ3v) is 5.15. The van der Waals surface area contributed by atoms with Crippen LogP contribution in [0.1, 0.15) is 31.3 Å². The molecule has 1 saturated heterocycles. The SMILES string of the molecule is Cc1ncsc1C(=O)N1CCN(C(=O)c2cccc(C(F)(F)F)c2)CC1. The average molecular weight is 383 g/mol. The number of thiazole rings is 1. The Labute approximate surface area is 152 Å². The highest BCUT2D eigenvalue weighted by Crippen LogP contribution is 2.29. The minimum absolute atomic E-state index is 0.00194. The number of benzene rings is 1. The number of hydrogen-bond donors (Lipinski definition) is 0. The first-order chi connectivity index (χ1) is 12.3. The molecule has 3 rings (SSSR count). The van der Waals surface area contributed by atoms with Crippen molar-refractivity contribution in [1.82, 2.24) is 14.8 Å². The summed E-state index contributed by atoms with van der Waals surface area (Å²) in [5.74, 6) is -0.590. The summed E-state index contributed by atoms with van der Waals surface area (Å²) in [6.45, 7) is 2.98. The monoisotopic (exact) mass is 383 g/mol. The maximum Gasteiger partial charge on any atom is 0.416 e. The molecule has 1 aromatic heterocycles. The molecule has 9 heteroatoms. The van der Waals surface area contributed by atoms with Crippen molar-refractivity contribution in [2.24, 2.45) is 0 Å². The molecule has 0 saturated carbocycles. The lowest BCUT2D eigenvalue weighted by Gasteiger charge is -2.34. The van der Waals surface area contributed by atoms with Crippen molar-refractivity contribution in [3.63, 3.8) is 0 Å². The summed E-state index contributed by atoms with van der Waals surface area (Å²) in [6, 6.07) is 4.39. The summed E-state index contributed by atoms with van der Waals surface area (Å²) in [6.07, 6.45) is -4.49. The maximum absolute atomic E-state index is 12.8. The van der Waals surface area contributed by atoms with Crippen LogP contribution in [-0.2, 0) is 6.18 Å². The highest BCUT2D eigenvalue weighted by Gasteiger charge is 2.32. The number of nitrogens with zero attached hydrogens (tertiary/aromatic N) is 3. The van der Waals surface area contributed by atoms with Gasteiger partial charge < -0.3 is 9.80 Å². The van der Waals surface area contributed by atoms with E-state index in [-0.39, 0.29) is 24.6 Å². The van der Waals surface area contributed by atoms with Gasteiger partial charge in [0.2, 0.25) is 0 Å². The normalized spacial score (nSPS) is 15.2. The minimum Gasteiger partial charge on any atom is -0.335 e. The van der Waals surface area contributed by atoms with Crippen LogP contribution < -0.4 is 0 Å². The number of carbonyl (C=O) groups is 2. The smallest absolute Gasteiger partial charge is 0.335 e. The number of hydrogen-bond acceptors (Lipinski definition) is 4. The van der Waals surface area contributed by atoms with Crippen molar-refractivity contribution < 1.29 is 22.8 Å². The molecule has 2 aromatic rings. The lowest BCUT2D eigenvalue weighted by Crippen LogP contribution is -2.50. The van der Waals surface area contributed by atoms with Gasteiger partial charge in [0.25, 0.3) is 11.8 Å². The molecule has 0 spiro atoms. The summed E-state index contributed by atoms with van der Waals surface area (Å²) < 4.78 is 38.4. The summed E-state index contributed by atoms with van der Waals surface area (Å²) in [4.78, 5) is 32.7. The number of aromatic nitrogens is 1. The summed E-state index contributed by atoms with van der Waals surface area (Å²) in [7, 11) is 0. The van der Waals surface area contributed by atoms with Crippen LogP contribution in [0, 0.1) is 6.92 Å². The number of piperazine rings is 1. The number of carbonyl (C=O) groups excluding carboxylic acids is 2. The highest BCUT2D eigenvalue weighted by molar-refractivity contribution is 7.11. The van der Waals surface area contributed by atoms with Gasteiger partial charge in [-0.2, -0.15) is 13.2 Å². The van der Waals surface area contributed by atoms with E-state index in [1.807, 2.05) is 0 Å². The van der Waals surface area contributed by atoms with Crippen LogP contribution in [0.15, 0.2) is 29.8 Å². The molecule has 1 aliphatic rings. The lowest BCUT2D eigenvalue weighted by atomic mass is 10.1. The second-order valence-corrected chi connectivity index (χ2v) is 6.78. The Morgan fingerprint density at radius 3 is 2.23 bits per heavy atom. The maximum atomic E-state index is 12.8. The van der Waals surface area contributed by atoms with E-state index in [9.17, 15) is 22.8 Å². The van der Waals surface area contributed by atoms with Gasteiger partial charge in [-0.3, -0.25) is 9.59 Å². The Balaban J connectivity index is 1.66. The van der Waals surface area contributed by atoms with Gasteiger partial charge >= 0.3 is 6.18 Å². The number of halogens is 3. The highest BCUT2D eigenvalue weighted by atomic mass is 32.1. The fraction of sp³-hybridized carbons (Fsp3) is 0.353. The third kappa shape index (κ3) is 3.72.